The zero-order valence-electron chi connectivity index (χ0n) is 15.6. The molecule has 0 bridgehead atoms. The molecule has 28 heavy (non-hydrogen) atoms. The van der Waals surface area contributed by atoms with E-state index in [2.05, 4.69) is 20.5 Å². The van der Waals surface area contributed by atoms with Gasteiger partial charge in [0.1, 0.15) is 5.82 Å². The van der Waals surface area contributed by atoms with Gasteiger partial charge in [0.15, 0.2) is 5.82 Å². The van der Waals surface area contributed by atoms with Crippen LogP contribution in [0.4, 0.5) is 5.69 Å². The Balaban J connectivity index is 1.35. The molecular formula is C21H21N5O2. The normalized spacial score (nSPS) is 16.4. The van der Waals surface area contributed by atoms with Crippen LogP contribution in [0.5, 0.6) is 0 Å². The SMILES string of the molecule is Cc1nc(-c2ccc(NC(=O)CN3CC(c4ccccc4)CC3=O)cc2)n[nH]1. The van der Waals surface area contributed by atoms with Gasteiger partial charge in [0.2, 0.25) is 11.8 Å². The zero-order chi connectivity index (χ0) is 19.5. The quantitative estimate of drug-likeness (QED) is 0.717. The highest BCUT2D eigenvalue weighted by molar-refractivity contribution is 5.95. The third-order valence-corrected chi connectivity index (χ3v) is 4.84. The van der Waals surface area contributed by atoms with E-state index in [1.54, 1.807) is 17.0 Å². The zero-order valence-corrected chi connectivity index (χ0v) is 15.6. The van der Waals surface area contributed by atoms with Gasteiger partial charge in [-0.25, -0.2) is 4.98 Å². The fourth-order valence-electron chi connectivity index (χ4n) is 3.42. The second-order valence-electron chi connectivity index (χ2n) is 6.96. The van der Waals surface area contributed by atoms with Crippen molar-refractivity contribution in [3.05, 3.63) is 66.0 Å². The summed E-state index contributed by atoms with van der Waals surface area (Å²) in [7, 11) is 0. The number of benzene rings is 2. The molecule has 7 nitrogen and oxygen atoms in total. The molecule has 1 aliphatic heterocycles. The highest BCUT2D eigenvalue weighted by Crippen LogP contribution is 2.27. The summed E-state index contributed by atoms with van der Waals surface area (Å²) in [5, 5.41) is 9.77. The molecule has 2 heterocycles. The van der Waals surface area contributed by atoms with E-state index < -0.39 is 0 Å². The van der Waals surface area contributed by atoms with Gasteiger partial charge in [0.05, 0.1) is 6.54 Å². The first-order valence-corrected chi connectivity index (χ1v) is 9.20. The number of nitrogens with zero attached hydrogens (tertiary/aromatic N) is 3. The lowest BCUT2D eigenvalue weighted by Gasteiger charge is -2.16. The number of amides is 2. The summed E-state index contributed by atoms with van der Waals surface area (Å²) < 4.78 is 0. The Morgan fingerprint density at radius 2 is 1.93 bits per heavy atom. The highest BCUT2D eigenvalue weighted by Gasteiger charge is 2.31. The second kappa shape index (κ2) is 7.64. The van der Waals surface area contributed by atoms with Gasteiger partial charge in [0.25, 0.3) is 0 Å². The first-order chi connectivity index (χ1) is 13.6. The van der Waals surface area contributed by atoms with Crippen LogP contribution in [0.2, 0.25) is 0 Å². The van der Waals surface area contributed by atoms with Crippen molar-refractivity contribution in [2.75, 3.05) is 18.4 Å². The summed E-state index contributed by atoms with van der Waals surface area (Å²) in [5.74, 6) is 1.31. The molecule has 1 aromatic heterocycles. The molecule has 0 spiro atoms. The number of H-pyrrole nitrogens is 1. The maximum absolute atomic E-state index is 12.4. The number of aryl methyl sites for hydroxylation is 1. The van der Waals surface area contributed by atoms with E-state index in [1.807, 2.05) is 49.4 Å². The Morgan fingerprint density at radius 1 is 1.18 bits per heavy atom. The molecule has 1 saturated heterocycles. The molecule has 1 fully saturated rings. The molecule has 1 unspecified atom stereocenters. The van der Waals surface area contributed by atoms with Crippen LogP contribution in [0, 0.1) is 6.92 Å². The maximum atomic E-state index is 12.4. The summed E-state index contributed by atoms with van der Waals surface area (Å²) >= 11 is 0. The summed E-state index contributed by atoms with van der Waals surface area (Å²) in [6.45, 7) is 2.47. The van der Waals surface area contributed by atoms with Crippen LogP contribution < -0.4 is 5.32 Å². The van der Waals surface area contributed by atoms with Crippen molar-refractivity contribution in [3.8, 4) is 11.4 Å². The molecule has 0 radical (unpaired) electrons. The predicted octanol–water partition coefficient (Wildman–Crippen LogP) is 2.73. The molecule has 3 aromatic rings. The number of nitrogens with one attached hydrogen (secondary N) is 2. The van der Waals surface area contributed by atoms with Gasteiger partial charge in [-0.15, -0.1) is 0 Å². The molecule has 2 N–H and O–H groups in total. The van der Waals surface area contributed by atoms with Crippen LogP contribution in [0.25, 0.3) is 11.4 Å². The molecule has 1 aliphatic rings. The molecule has 2 amide bonds. The minimum Gasteiger partial charge on any atom is -0.333 e. The molecular weight excluding hydrogens is 354 g/mol. The molecule has 7 heteroatoms. The Labute approximate surface area is 162 Å². The smallest absolute Gasteiger partial charge is 0.243 e. The predicted molar refractivity (Wildman–Crippen MR) is 106 cm³/mol. The average Bonchev–Trinajstić information content (AvgIpc) is 3.29. The molecule has 4 rings (SSSR count). The fraction of sp³-hybridized carbons (Fsp3) is 0.238. The van der Waals surface area contributed by atoms with E-state index in [1.165, 1.54) is 0 Å². The van der Waals surface area contributed by atoms with Crippen molar-refractivity contribution in [3.63, 3.8) is 0 Å². The summed E-state index contributed by atoms with van der Waals surface area (Å²) in [5.41, 5.74) is 2.67. The number of carbonyl (C=O) groups excluding carboxylic acids is 2. The first kappa shape index (κ1) is 17.9. The first-order valence-electron chi connectivity index (χ1n) is 9.20. The number of likely N-dealkylation sites (tertiary alicyclic amines) is 1. The van der Waals surface area contributed by atoms with Gasteiger partial charge in [0, 0.05) is 30.1 Å². The van der Waals surface area contributed by atoms with E-state index in [0.29, 0.717) is 24.5 Å². The lowest BCUT2D eigenvalue weighted by atomic mass is 9.99. The van der Waals surface area contributed by atoms with Crippen LogP contribution in [0.1, 0.15) is 23.7 Å². The van der Waals surface area contributed by atoms with Gasteiger partial charge < -0.3 is 10.2 Å². The van der Waals surface area contributed by atoms with Crippen LogP contribution in [0.3, 0.4) is 0 Å². The molecule has 142 valence electrons. The van der Waals surface area contributed by atoms with Crippen molar-refractivity contribution in [1.29, 1.82) is 0 Å². The summed E-state index contributed by atoms with van der Waals surface area (Å²) in [4.78, 5) is 30.6. The van der Waals surface area contributed by atoms with E-state index in [-0.39, 0.29) is 24.3 Å². The Morgan fingerprint density at radius 3 is 2.61 bits per heavy atom. The maximum Gasteiger partial charge on any atom is 0.243 e. The molecule has 2 aromatic carbocycles. The monoisotopic (exact) mass is 375 g/mol. The Hall–Kier alpha value is -3.48. The van der Waals surface area contributed by atoms with Crippen molar-refractivity contribution < 1.29 is 9.59 Å². The van der Waals surface area contributed by atoms with Gasteiger partial charge >= 0.3 is 0 Å². The van der Waals surface area contributed by atoms with Gasteiger partial charge in [-0.2, -0.15) is 5.10 Å². The number of aromatic amines is 1. The van der Waals surface area contributed by atoms with E-state index >= 15 is 0 Å². The van der Waals surface area contributed by atoms with Crippen molar-refractivity contribution in [1.82, 2.24) is 20.1 Å². The second-order valence-corrected chi connectivity index (χ2v) is 6.96. The summed E-state index contributed by atoms with van der Waals surface area (Å²) in [6, 6.07) is 17.3. The van der Waals surface area contributed by atoms with Gasteiger partial charge in [-0.3, -0.25) is 14.7 Å². The van der Waals surface area contributed by atoms with Gasteiger partial charge in [-0.05, 0) is 36.8 Å². The third-order valence-electron chi connectivity index (χ3n) is 4.84. The fourth-order valence-corrected chi connectivity index (χ4v) is 3.42. The standard InChI is InChI=1S/C21H21N5O2/c1-14-22-21(25-24-14)16-7-9-18(10-8-16)23-19(27)13-26-12-17(11-20(26)28)15-5-3-2-4-6-15/h2-10,17H,11-13H2,1H3,(H,23,27)(H,22,24,25). The minimum absolute atomic E-state index is 0.0133. The van der Waals surface area contributed by atoms with E-state index in [4.69, 9.17) is 0 Å². The molecule has 0 saturated carbocycles. The number of hydrogen-bond acceptors (Lipinski definition) is 4. The van der Waals surface area contributed by atoms with Gasteiger partial charge in [-0.1, -0.05) is 30.3 Å². The van der Waals surface area contributed by atoms with Crippen LogP contribution in [0.15, 0.2) is 54.6 Å². The lowest BCUT2D eigenvalue weighted by molar-refractivity contribution is -0.131. The Kier molecular flexibility index (Phi) is 4.89. The van der Waals surface area contributed by atoms with Crippen LogP contribution in [-0.2, 0) is 9.59 Å². The molecule has 1 atom stereocenters. The summed E-state index contributed by atoms with van der Waals surface area (Å²) in [6.07, 6.45) is 0.446. The number of carbonyl (C=O) groups is 2. The van der Waals surface area contributed by atoms with E-state index in [0.717, 1.165) is 17.0 Å². The minimum atomic E-state index is -0.205. The third kappa shape index (κ3) is 3.93. The van der Waals surface area contributed by atoms with E-state index in [9.17, 15) is 9.59 Å². The van der Waals surface area contributed by atoms with Crippen LogP contribution in [-0.4, -0.2) is 45.0 Å². The Bertz CT molecular complexity index is 982. The number of anilines is 1. The van der Waals surface area contributed by atoms with Crippen LogP contribution >= 0.6 is 0 Å². The average molecular weight is 375 g/mol. The topological polar surface area (TPSA) is 91.0 Å². The lowest BCUT2D eigenvalue weighted by Crippen LogP contribution is -2.34. The molecule has 0 aliphatic carbocycles. The highest BCUT2D eigenvalue weighted by atomic mass is 16.2. The number of hydrogen-bond donors (Lipinski definition) is 2. The number of aromatic nitrogens is 3. The number of rotatable bonds is 5. The largest absolute Gasteiger partial charge is 0.333 e. The van der Waals surface area contributed by atoms with Crippen molar-refractivity contribution >= 4 is 17.5 Å². The van der Waals surface area contributed by atoms with Crippen molar-refractivity contribution in [2.24, 2.45) is 0 Å². The van der Waals surface area contributed by atoms with Crippen molar-refractivity contribution in [2.45, 2.75) is 19.3 Å².